The molecule has 3 aromatic rings. The van der Waals surface area contributed by atoms with Gasteiger partial charge in [0.1, 0.15) is 17.3 Å². The largest absolute Gasteiger partial charge is 0.437 e. The van der Waals surface area contributed by atoms with Crippen molar-refractivity contribution in [3.8, 4) is 23.0 Å². The normalized spacial score (nSPS) is 10.4. The molecule has 1 aromatic carbocycles. The fourth-order valence-corrected chi connectivity index (χ4v) is 1.78. The lowest BCUT2D eigenvalue weighted by Crippen LogP contribution is -1.99. The van der Waals surface area contributed by atoms with Crippen molar-refractivity contribution in [2.75, 3.05) is 11.5 Å². The van der Waals surface area contributed by atoms with Crippen molar-refractivity contribution in [3.05, 3.63) is 54.7 Å². The van der Waals surface area contributed by atoms with E-state index in [1.165, 1.54) is 18.5 Å². The maximum atomic E-state index is 13.2. The monoisotopic (exact) mass is 297 g/mol. The van der Waals surface area contributed by atoms with Crippen LogP contribution in [0.4, 0.5) is 15.8 Å². The zero-order chi connectivity index (χ0) is 15.5. The molecule has 110 valence electrons. The predicted octanol–water partition coefficient (Wildman–Crippen LogP) is 2.63. The number of nitrogen functional groups attached to an aromatic ring is 2. The first-order chi connectivity index (χ1) is 10.6. The molecule has 2 aromatic heterocycles. The molecule has 0 aliphatic carbocycles. The van der Waals surface area contributed by atoms with Crippen molar-refractivity contribution in [1.29, 1.82) is 0 Å². The molecule has 0 atom stereocenters. The van der Waals surface area contributed by atoms with Gasteiger partial charge in [0.15, 0.2) is 5.82 Å². The third-order valence-electron chi connectivity index (χ3n) is 2.84. The summed E-state index contributed by atoms with van der Waals surface area (Å²) in [4.78, 5) is 12.0. The van der Waals surface area contributed by atoms with Crippen LogP contribution in [0.15, 0.2) is 48.9 Å². The Bertz CT molecular complexity index is 807. The first-order valence-electron chi connectivity index (χ1n) is 6.38. The molecule has 0 unspecified atom stereocenters. The molecule has 3 rings (SSSR count). The first kappa shape index (κ1) is 13.7. The molecule has 0 aliphatic heterocycles. The van der Waals surface area contributed by atoms with Gasteiger partial charge in [-0.25, -0.2) is 9.37 Å². The molecule has 0 amide bonds. The van der Waals surface area contributed by atoms with Crippen molar-refractivity contribution < 1.29 is 9.13 Å². The van der Waals surface area contributed by atoms with E-state index in [-0.39, 0.29) is 17.4 Å². The number of benzene rings is 1. The summed E-state index contributed by atoms with van der Waals surface area (Å²) in [5.74, 6) is 0.507. The second-order valence-electron chi connectivity index (χ2n) is 4.52. The van der Waals surface area contributed by atoms with E-state index in [0.717, 1.165) is 6.20 Å². The van der Waals surface area contributed by atoms with Gasteiger partial charge in [-0.2, -0.15) is 4.98 Å². The molecule has 2 heterocycles. The summed E-state index contributed by atoms with van der Waals surface area (Å²) >= 11 is 0. The highest BCUT2D eigenvalue weighted by Crippen LogP contribution is 2.27. The van der Waals surface area contributed by atoms with Crippen LogP contribution in [-0.4, -0.2) is 15.0 Å². The van der Waals surface area contributed by atoms with Crippen LogP contribution in [0.1, 0.15) is 0 Å². The summed E-state index contributed by atoms with van der Waals surface area (Å²) in [5, 5.41) is 0. The lowest BCUT2D eigenvalue weighted by atomic mass is 10.2. The van der Waals surface area contributed by atoms with Crippen LogP contribution >= 0.6 is 0 Å². The number of ether oxygens (including phenoxy) is 1. The zero-order valence-corrected chi connectivity index (χ0v) is 11.4. The third-order valence-corrected chi connectivity index (χ3v) is 2.84. The summed E-state index contributed by atoms with van der Waals surface area (Å²) in [6.07, 6.45) is 3.97. The quantitative estimate of drug-likeness (QED) is 0.721. The number of nitrogens with two attached hydrogens (primary N) is 2. The van der Waals surface area contributed by atoms with Crippen molar-refractivity contribution >= 4 is 11.4 Å². The van der Waals surface area contributed by atoms with Gasteiger partial charge in [-0.1, -0.05) is 0 Å². The number of halogens is 1. The minimum atomic E-state index is -0.473. The van der Waals surface area contributed by atoms with E-state index < -0.39 is 5.82 Å². The van der Waals surface area contributed by atoms with Crippen molar-refractivity contribution in [2.24, 2.45) is 0 Å². The summed E-state index contributed by atoms with van der Waals surface area (Å²) in [6.45, 7) is 0. The van der Waals surface area contributed by atoms with Crippen LogP contribution in [0.25, 0.3) is 11.4 Å². The maximum Gasteiger partial charge on any atom is 0.246 e. The van der Waals surface area contributed by atoms with Crippen LogP contribution in [0.3, 0.4) is 0 Å². The van der Waals surface area contributed by atoms with E-state index in [2.05, 4.69) is 15.0 Å². The van der Waals surface area contributed by atoms with Crippen molar-refractivity contribution in [3.63, 3.8) is 0 Å². The zero-order valence-electron chi connectivity index (χ0n) is 11.4. The molecule has 0 spiro atoms. The number of anilines is 2. The summed E-state index contributed by atoms with van der Waals surface area (Å²) < 4.78 is 18.8. The van der Waals surface area contributed by atoms with Crippen molar-refractivity contribution in [1.82, 2.24) is 15.0 Å². The molecule has 7 heteroatoms. The summed E-state index contributed by atoms with van der Waals surface area (Å²) in [5.41, 5.74) is 12.7. The Hall–Kier alpha value is -3.22. The van der Waals surface area contributed by atoms with Gasteiger partial charge < -0.3 is 16.2 Å². The number of aromatic nitrogens is 3. The van der Waals surface area contributed by atoms with E-state index in [1.54, 1.807) is 24.3 Å². The van der Waals surface area contributed by atoms with Crippen molar-refractivity contribution in [2.45, 2.75) is 0 Å². The van der Waals surface area contributed by atoms with Crippen LogP contribution in [0.2, 0.25) is 0 Å². The molecule has 0 saturated carbocycles. The molecular formula is C15H12FN5O. The van der Waals surface area contributed by atoms with E-state index in [4.69, 9.17) is 16.2 Å². The highest BCUT2D eigenvalue weighted by Gasteiger charge is 2.10. The van der Waals surface area contributed by atoms with Gasteiger partial charge in [-0.3, -0.25) is 4.98 Å². The minimum absolute atomic E-state index is 0.180. The Labute approximate surface area is 125 Å². The number of rotatable bonds is 3. The van der Waals surface area contributed by atoms with Gasteiger partial charge in [-0.05, 0) is 30.3 Å². The van der Waals surface area contributed by atoms with Gasteiger partial charge >= 0.3 is 0 Å². The fraction of sp³-hybridized carbons (Fsp3) is 0. The second kappa shape index (κ2) is 5.65. The second-order valence-corrected chi connectivity index (χ2v) is 4.52. The Morgan fingerprint density at radius 1 is 1.00 bits per heavy atom. The summed E-state index contributed by atoms with van der Waals surface area (Å²) in [7, 11) is 0. The Morgan fingerprint density at radius 2 is 1.77 bits per heavy atom. The molecular weight excluding hydrogens is 285 g/mol. The lowest BCUT2D eigenvalue weighted by molar-refractivity contribution is 0.465. The van der Waals surface area contributed by atoms with E-state index in [1.807, 2.05) is 0 Å². The Kier molecular flexibility index (Phi) is 3.53. The predicted molar refractivity (Wildman–Crippen MR) is 80.6 cm³/mol. The fourth-order valence-electron chi connectivity index (χ4n) is 1.78. The molecule has 4 N–H and O–H groups in total. The van der Waals surface area contributed by atoms with E-state index in [0.29, 0.717) is 17.0 Å². The molecule has 22 heavy (non-hydrogen) atoms. The van der Waals surface area contributed by atoms with Gasteiger partial charge in [-0.15, -0.1) is 0 Å². The SMILES string of the molecule is Nc1ccc(Oc2nc(-c3cncc(F)c3)ncc2N)cc1. The van der Waals surface area contributed by atoms with Crippen LogP contribution in [-0.2, 0) is 0 Å². The molecule has 6 nitrogen and oxygen atoms in total. The van der Waals surface area contributed by atoms with Gasteiger partial charge in [0.05, 0.1) is 12.4 Å². The standard InChI is InChI=1S/C15H12FN5O/c16-10-5-9(6-19-7-10)14-20-8-13(18)15(21-14)22-12-3-1-11(17)2-4-12/h1-8H,17-18H2. The van der Waals surface area contributed by atoms with Crippen LogP contribution in [0.5, 0.6) is 11.6 Å². The summed E-state index contributed by atoms with van der Waals surface area (Å²) in [6, 6.07) is 8.07. The lowest BCUT2D eigenvalue weighted by Gasteiger charge is -2.09. The Morgan fingerprint density at radius 3 is 2.50 bits per heavy atom. The Balaban J connectivity index is 1.94. The number of hydrogen-bond acceptors (Lipinski definition) is 6. The van der Waals surface area contributed by atoms with E-state index in [9.17, 15) is 4.39 Å². The van der Waals surface area contributed by atoms with Gasteiger partial charge in [0.2, 0.25) is 5.88 Å². The number of nitrogens with zero attached hydrogens (tertiary/aromatic N) is 3. The highest BCUT2D eigenvalue weighted by atomic mass is 19.1. The number of pyridine rings is 1. The molecule has 0 fully saturated rings. The van der Waals surface area contributed by atoms with E-state index >= 15 is 0 Å². The smallest absolute Gasteiger partial charge is 0.246 e. The molecule has 0 radical (unpaired) electrons. The molecule has 0 bridgehead atoms. The van der Waals surface area contributed by atoms with Gasteiger partial charge in [0.25, 0.3) is 0 Å². The minimum Gasteiger partial charge on any atom is -0.437 e. The third kappa shape index (κ3) is 2.93. The molecule has 0 aliphatic rings. The number of hydrogen-bond donors (Lipinski definition) is 2. The maximum absolute atomic E-state index is 13.2. The average molecular weight is 297 g/mol. The van der Waals surface area contributed by atoms with Crippen LogP contribution < -0.4 is 16.2 Å². The first-order valence-corrected chi connectivity index (χ1v) is 6.38. The van der Waals surface area contributed by atoms with Crippen LogP contribution in [0, 0.1) is 5.82 Å². The highest BCUT2D eigenvalue weighted by molar-refractivity contribution is 5.58. The average Bonchev–Trinajstić information content (AvgIpc) is 2.52. The van der Waals surface area contributed by atoms with Gasteiger partial charge in [0, 0.05) is 17.4 Å². The molecule has 0 saturated heterocycles. The topological polar surface area (TPSA) is 99.9 Å².